The number of pyridine rings is 1. The van der Waals surface area contributed by atoms with Crippen molar-refractivity contribution in [1.29, 1.82) is 0 Å². The maximum absolute atomic E-state index is 13.1. The molecule has 0 saturated carbocycles. The lowest BCUT2D eigenvalue weighted by molar-refractivity contribution is 0.251. The summed E-state index contributed by atoms with van der Waals surface area (Å²) in [6.07, 6.45) is 3.93. The summed E-state index contributed by atoms with van der Waals surface area (Å²) in [4.78, 5) is 16.2. The van der Waals surface area contributed by atoms with Gasteiger partial charge in [-0.2, -0.15) is 4.31 Å². The lowest BCUT2D eigenvalue weighted by Crippen LogP contribution is -2.36. The molecule has 0 aliphatic carbocycles. The van der Waals surface area contributed by atoms with Crippen LogP contribution in [0, 0.1) is 0 Å². The van der Waals surface area contributed by atoms with Gasteiger partial charge in [-0.1, -0.05) is 23.7 Å². The van der Waals surface area contributed by atoms with E-state index in [1.165, 1.54) is 16.4 Å². The molecular weight excluding hydrogens is 436 g/mol. The van der Waals surface area contributed by atoms with Gasteiger partial charge in [0.25, 0.3) is 0 Å². The van der Waals surface area contributed by atoms with E-state index in [4.69, 9.17) is 11.6 Å². The van der Waals surface area contributed by atoms with Crippen molar-refractivity contribution < 1.29 is 13.2 Å². The smallest absolute Gasteiger partial charge is 0.319 e. The Kier molecular flexibility index (Phi) is 6.22. The van der Waals surface area contributed by atoms with Gasteiger partial charge in [0.15, 0.2) is 0 Å². The summed E-state index contributed by atoms with van der Waals surface area (Å²) in [6.45, 7) is 1.00. The van der Waals surface area contributed by atoms with Gasteiger partial charge in [-0.3, -0.25) is 4.98 Å². The topological polar surface area (TPSA) is 91.4 Å². The summed E-state index contributed by atoms with van der Waals surface area (Å²) < 4.78 is 27.6. The van der Waals surface area contributed by atoms with Crippen molar-refractivity contribution >= 4 is 33.3 Å². The maximum Gasteiger partial charge on any atom is 0.319 e. The van der Waals surface area contributed by atoms with Crippen LogP contribution in [0.5, 0.6) is 0 Å². The number of carbonyl (C=O) groups is 1. The van der Waals surface area contributed by atoms with Crippen LogP contribution in [0.1, 0.15) is 16.7 Å². The Morgan fingerprint density at radius 1 is 1.06 bits per heavy atom. The van der Waals surface area contributed by atoms with Crippen molar-refractivity contribution in [3.05, 3.63) is 88.7 Å². The first-order valence-electron chi connectivity index (χ1n) is 9.74. The Labute approximate surface area is 186 Å². The van der Waals surface area contributed by atoms with Gasteiger partial charge in [0.2, 0.25) is 10.0 Å². The van der Waals surface area contributed by atoms with Gasteiger partial charge in [-0.25, -0.2) is 13.2 Å². The number of anilines is 1. The molecule has 4 rings (SSSR count). The Bertz CT molecular complexity index is 1190. The van der Waals surface area contributed by atoms with E-state index in [-0.39, 0.29) is 17.5 Å². The molecule has 1 aliphatic heterocycles. The molecule has 0 radical (unpaired) electrons. The average molecular weight is 457 g/mol. The van der Waals surface area contributed by atoms with E-state index < -0.39 is 10.0 Å². The second kappa shape index (κ2) is 9.05. The number of sulfonamides is 1. The summed E-state index contributed by atoms with van der Waals surface area (Å²) in [5.41, 5.74) is 3.35. The molecule has 0 spiro atoms. The van der Waals surface area contributed by atoms with Gasteiger partial charge in [0.05, 0.1) is 4.90 Å². The van der Waals surface area contributed by atoms with Crippen LogP contribution in [0.3, 0.4) is 0 Å². The van der Waals surface area contributed by atoms with Crippen LogP contribution in [0.2, 0.25) is 5.02 Å². The molecule has 31 heavy (non-hydrogen) atoms. The Morgan fingerprint density at radius 3 is 2.55 bits per heavy atom. The summed E-state index contributed by atoms with van der Waals surface area (Å²) >= 11 is 6.27. The van der Waals surface area contributed by atoms with Crippen LogP contribution >= 0.6 is 11.6 Å². The van der Waals surface area contributed by atoms with Crippen LogP contribution < -0.4 is 10.6 Å². The number of aromatic nitrogens is 1. The number of carbonyl (C=O) groups excluding carboxylic acids is 1. The monoisotopic (exact) mass is 456 g/mol. The summed E-state index contributed by atoms with van der Waals surface area (Å²) in [7, 11) is -3.67. The summed E-state index contributed by atoms with van der Waals surface area (Å²) in [6, 6.07) is 15.0. The Morgan fingerprint density at radius 2 is 1.81 bits per heavy atom. The van der Waals surface area contributed by atoms with Crippen LogP contribution in [-0.2, 0) is 29.5 Å². The third kappa shape index (κ3) is 4.87. The number of benzene rings is 2. The van der Waals surface area contributed by atoms with E-state index in [1.54, 1.807) is 30.6 Å². The molecule has 0 bridgehead atoms. The highest BCUT2D eigenvalue weighted by Gasteiger charge is 2.29. The van der Waals surface area contributed by atoms with E-state index in [1.807, 2.05) is 24.3 Å². The molecule has 0 unspecified atom stereocenters. The molecule has 9 heteroatoms. The number of halogens is 1. The minimum absolute atomic E-state index is 0.172. The number of rotatable bonds is 5. The molecule has 2 N–H and O–H groups in total. The highest BCUT2D eigenvalue weighted by Crippen LogP contribution is 2.29. The van der Waals surface area contributed by atoms with Gasteiger partial charge in [0.1, 0.15) is 0 Å². The number of nitrogens with zero attached hydrogens (tertiary/aromatic N) is 2. The maximum atomic E-state index is 13.1. The quantitative estimate of drug-likeness (QED) is 0.610. The van der Waals surface area contributed by atoms with Gasteiger partial charge in [0, 0.05) is 42.7 Å². The highest BCUT2D eigenvalue weighted by atomic mass is 35.5. The van der Waals surface area contributed by atoms with E-state index in [0.29, 0.717) is 30.2 Å². The van der Waals surface area contributed by atoms with Crippen molar-refractivity contribution in [1.82, 2.24) is 14.6 Å². The molecule has 0 saturated heterocycles. The molecule has 0 atom stereocenters. The van der Waals surface area contributed by atoms with Gasteiger partial charge in [-0.05, 0) is 65.6 Å². The molecule has 1 aliphatic rings. The van der Waals surface area contributed by atoms with Crippen LogP contribution in [0.15, 0.2) is 71.9 Å². The minimum Gasteiger partial charge on any atom is -0.334 e. The Balaban J connectivity index is 1.40. The van der Waals surface area contributed by atoms with Crippen LogP contribution in [-0.4, -0.2) is 30.3 Å². The number of urea groups is 1. The number of nitrogens with one attached hydrogen (secondary N) is 2. The molecule has 0 fully saturated rings. The number of fused-ring (bicyclic) bond motifs is 1. The van der Waals surface area contributed by atoms with Crippen LogP contribution in [0.4, 0.5) is 10.5 Å². The molecule has 160 valence electrons. The standard InChI is InChI=1S/C22H21ClN4O3S/c23-21-3-1-2-17-10-13-27(15-20(17)21)31(29,30)19-6-4-18(5-7-19)26-22(28)25-14-16-8-11-24-12-9-16/h1-9,11-12H,10,13-15H2,(H2,25,26,28). The van der Waals surface area contributed by atoms with Crippen molar-refractivity contribution in [2.24, 2.45) is 0 Å². The van der Waals surface area contributed by atoms with Crippen molar-refractivity contribution in [2.45, 2.75) is 24.4 Å². The fourth-order valence-electron chi connectivity index (χ4n) is 3.44. The molecule has 7 nitrogen and oxygen atoms in total. The SMILES string of the molecule is O=C(NCc1ccncc1)Nc1ccc(S(=O)(=O)N2CCc3cccc(Cl)c3C2)cc1. The number of hydrogen-bond donors (Lipinski definition) is 2. The lowest BCUT2D eigenvalue weighted by Gasteiger charge is -2.28. The first kappa shape index (κ1) is 21.3. The van der Waals surface area contributed by atoms with Gasteiger partial charge < -0.3 is 10.6 Å². The number of amides is 2. The van der Waals surface area contributed by atoms with Gasteiger partial charge in [-0.15, -0.1) is 0 Å². The fraction of sp³-hybridized carbons (Fsp3) is 0.182. The molecular formula is C22H21ClN4O3S. The predicted octanol–water partition coefficient (Wildman–Crippen LogP) is 3.80. The molecule has 2 aromatic carbocycles. The first-order chi connectivity index (χ1) is 14.9. The van der Waals surface area contributed by atoms with E-state index in [9.17, 15) is 13.2 Å². The largest absolute Gasteiger partial charge is 0.334 e. The van der Waals surface area contributed by atoms with Crippen molar-refractivity contribution in [2.75, 3.05) is 11.9 Å². The van der Waals surface area contributed by atoms with Crippen molar-refractivity contribution in [3.8, 4) is 0 Å². The van der Waals surface area contributed by atoms with Crippen molar-refractivity contribution in [3.63, 3.8) is 0 Å². The zero-order valence-electron chi connectivity index (χ0n) is 16.6. The zero-order valence-corrected chi connectivity index (χ0v) is 18.2. The van der Waals surface area contributed by atoms with E-state index in [0.717, 1.165) is 16.7 Å². The molecule has 2 heterocycles. The van der Waals surface area contributed by atoms with Gasteiger partial charge >= 0.3 is 6.03 Å². The lowest BCUT2D eigenvalue weighted by atomic mass is 10.0. The normalized spacial score (nSPS) is 14.0. The van der Waals surface area contributed by atoms with E-state index in [2.05, 4.69) is 15.6 Å². The zero-order chi connectivity index (χ0) is 21.8. The second-order valence-electron chi connectivity index (χ2n) is 7.15. The molecule has 3 aromatic rings. The summed E-state index contributed by atoms with van der Waals surface area (Å²) in [5, 5.41) is 6.02. The number of hydrogen-bond acceptors (Lipinski definition) is 4. The summed E-state index contributed by atoms with van der Waals surface area (Å²) in [5.74, 6) is 0. The highest BCUT2D eigenvalue weighted by molar-refractivity contribution is 7.89. The predicted molar refractivity (Wildman–Crippen MR) is 119 cm³/mol. The molecule has 2 amide bonds. The minimum atomic E-state index is -3.67. The third-order valence-electron chi connectivity index (χ3n) is 5.13. The average Bonchev–Trinajstić information content (AvgIpc) is 2.79. The van der Waals surface area contributed by atoms with Crippen LogP contribution in [0.25, 0.3) is 0 Å². The second-order valence-corrected chi connectivity index (χ2v) is 9.50. The molecule has 1 aromatic heterocycles. The first-order valence-corrected chi connectivity index (χ1v) is 11.6. The third-order valence-corrected chi connectivity index (χ3v) is 7.35. The van der Waals surface area contributed by atoms with E-state index >= 15 is 0 Å². The fourth-order valence-corrected chi connectivity index (χ4v) is 5.10. The Hall–Kier alpha value is -2.94.